The lowest BCUT2D eigenvalue weighted by Crippen LogP contribution is -2.21. The van der Waals surface area contributed by atoms with Crippen molar-refractivity contribution in [3.63, 3.8) is 0 Å². The Balaban J connectivity index is 2.74. The zero-order valence-electron chi connectivity index (χ0n) is 7.93. The first-order chi connectivity index (χ1) is 6.65. The molecule has 0 saturated heterocycles. The second-order valence-corrected chi connectivity index (χ2v) is 4.31. The third kappa shape index (κ3) is 3.24. The molecule has 2 nitrogen and oxygen atoms in total. The molecule has 1 unspecified atom stereocenters. The molecule has 0 aromatic heterocycles. The van der Waals surface area contributed by atoms with Crippen LogP contribution in [0.25, 0.3) is 0 Å². The topological polar surface area (TPSA) is 32.3 Å². The highest BCUT2D eigenvalue weighted by molar-refractivity contribution is 9.10. The van der Waals surface area contributed by atoms with Gasteiger partial charge in [0.15, 0.2) is 0 Å². The van der Waals surface area contributed by atoms with Crippen molar-refractivity contribution >= 4 is 27.5 Å². The maximum Gasteiger partial charge on any atom is 0.0928 e. The molecule has 1 aromatic carbocycles. The first-order valence-electron chi connectivity index (χ1n) is 4.49. The molecule has 0 bridgehead atoms. The normalized spacial score (nSPS) is 12.9. The fourth-order valence-electron chi connectivity index (χ4n) is 1.16. The van der Waals surface area contributed by atoms with Gasteiger partial charge in [-0.1, -0.05) is 40.5 Å². The zero-order valence-corrected chi connectivity index (χ0v) is 10.3. The van der Waals surface area contributed by atoms with Crippen LogP contribution in [0.1, 0.15) is 18.6 Å². The van der Waals surface area contributed by atoms with Crippen molar-refractivity contribution in [2.24, 2.45) is 0 Å². The highest BCUT2D eigenvalue weighted by Crippen LogP contribution is 2.25. The van der Waals surface area contributed by atoms with E-state index in [0.717, 1.165) is 16.6 Å². The molecule has 0 fully saturated rings. The average Bonchev–Trinajstić information content (AvgIpc) is 2.14. The van der Waals surface area contributed by atoms with Crippen molar-refractivity contribution in [2.45, 2.75) is 13.0 Å². The van der Waals surface area contributed by atoms with Crippen LogP contribution in [0.5, 0.6) is 0 Å². The van der Waals surface area contributed by atoms with Gasteiger partial charge in [-0.05, 0) is 18.7 Å². The Bertz CT molecular complexity index is 306. The van der Waals surface area contributed by atoms with Gasteiger partial charge in [-0.3, -0.25) is 0 Å². The van der Waals surface area contributed by atoms with Gasteiger partial charge < -0.3 is 10.4 Å². The summed E-state index contributed by atoms with van der Waals surface area (Å²) in [5.41, 5.74) is 0.760. The Labute approximate surface area is 97.4 Å². The lowest BCUT2D eigenvalue weighted by atomic mass is 10.1. The number of aliphatic hydroxyl groups is 1. The SMILES string of the molecule is CCNCC(O)c1ccc(Br)cc1Cl. The molecule has 14 heavy (non-hydrogen) atoms. The van der Waals surface area contributed by atoms with Gasteiger partial charge in [0.2, 0.25) is 0 Å². The molecular weight excluding hydrogens is 265 g/mol. The predicted octanol–water partition coefficient (Wildman–Crippen LogP) is 2.75. The standard InChI is InChI=1S/C10H13BrClNO/c1-2-13-6-10(14)8-4-3-7(11)5-9(8)12/h3-5,10,13-14H,2,6H2,1H3. The molecular formula is C10H13BrClNO. The van der Waals surface area contributed by atoms with Crippen molar-refractivity contribution in [1.82, 2.24) is 5.32 Å². The Hall–Kier alpha value is -0.0900. The molecule has 0 aliphatic heterocycles. The minimum absolute atomic E-state index is 0.526. The molecule has 2 N–H and O–H groups in total. The van der Waals surface area contributed by atoms with Crippen molar-refractivity contribution in [1.29, 1.82) is 0 Å². The molecule has 0 aliphatic rings. The van der Waals surface area contributed by atoms with Crippen LogP contribution in [0, 0.1) is 0 Å². The molecule has 1 atom stereocenters. The third-order valence-corrected chi connectivity index (χ3v) is 2.73. The highest BCUT2D eigenvalue weighted by Gasteiger charge is 2.10. The van der Waals surface area contributed by atoms with E-state index in [0.29, 0.717) is 11.6 Å². The van der Waals surface area contributed by atoms with Crippen molar-refractivity contribution in [2.75, 3.05) is 13.1 Å². The fraction of sp³-hybridized carbons (Fsp3) is 0.400. The smallest absolute Gasteiger partial charge is 0.0928 e. The Morgan fingerprint density at radius 3 is 2.86 bits per heavy atom. The third-order valence-electron chi connectivity index (χ3n) is 1.91. The average molecular weight is 279 g/mol. The van der Waals surface area contributed by atoms with Gasteiger partial charge in [-0.15, -0.1) is 0 Å². The lowest BCUT2D eigenvalue weighted by Gasteiger charge is -2.12. The number of hydrogen-bond donors (Lipinski definition) is 2. The quantitative estimate of drug-likeness (QED) is 0.887. The van der Waals surface area contributed by atoms with Gasteiger partial charge in [0.25, 0.3) is 0 Å². The van der Waals surface area contributed by atoms with E-state index in [2.05, 4.69) is 21.2 Å². The minimum Gasteiger partial charge on any atom is -0.387 e. The number of halogens is 2. The van der Waals surface area contributed by atoms with Gasteiger partial charge in [0.1, 0.15) is 0 Å². The number of benzene rings is 1. The van der Waals surface area contributed by atoms with Crippen molar-refractivity contribution in [3.05, 3.63) is 33.3 Å². The van der Waals surface area contributed by atoms with Gasteiger partial charge in [0.05, 0.1) is 6.10 Å². The largest absolute Gasteiger partial charge is 0.387 e. The molecule has 1 aromatic rings. The maximum absolute atomic E-state index is 9.76. The van der Waals surface area contributed by atoms with Crippen molar-refractivity contribution in [3.8, 4) is 0 Å². The minimum atomic E-state index is -0.546. The Morgan fingerprint density at radius 1 is 1.57 bits per heavy atom. The first kappa shape index (κ1) is 12.0. The summed E-state index contributed by atoms with van der Waals surface area (Å²) >= 11 is 9.30. The van der Waals surface area contributed by atoms with E-state index in [9.17, 15) is 5.11 Å². The summed E-state index contributed by atoms with van der Waals surface area (Å²) in [6, 6.07) is 5.48. The lowest BCUT2D eigenvalue weighted by molar-refractivity contribution is 0.175. The zero-order chi connectivity index (χ0) is 10.6. The summed E-state index contributed by atoms with van der Waals surface area (Å²) in [6.07, 6.45) is -0.546. The second kappa shape index (κ2) is 5.71. The molecule has 0 amide bonds. The number of rotatable bonds is 4. The number of hydrogen-bond acceptors (Lipinski definition) is 2. The van der Waals surface area contributed by atoms with Gasteiger partial charge in [-0.2, -0.15) is 0 Å². The van der Waals surface area contributed by atoms with E-state index < -0.39 is 6.10 Å². The van der Waals surface area contributed by atoms with Crippen LogP contribution in [-0.2, 0) is 0 Å². The van der Waals surface area contributed by atoms with Crippen LogP contribution in [0.15, 0.2) is 22.7 Å². The number of aliphatic hydroxyl groups excluding tert-OH is 1. The summed E-state index contributed by atoms with van der Waals surface area (Å²) in [4.78, 5) is 0. The summed E-state index contributed by atoms with van der Waals surface area (Å²) in [5.74, 6) is 0. The first-order valence-corrected chi connectivity index (χ1v) is 5.66. The molecule has 0 radical (unpaired) electrons. The predicted molar refractivity (Wildman–Crippen MR) is 62.7 cm³/mol. The maximum atomic E-state index is 9.76. The fourth-order valence-corrected chi connectivity index (χ4v) is 1.96. The van der Waals surface area contributed by atoms with E-state index in [1.165, 1.54) is 0 Å². The second-order valence-electron chi connectivity index (χ2n) is 2.99. The van der Waals surface area contributed by atoms with E-state index in [1.54, 1.807) is 6.07 Å². The van der Waals surface area contributed by atoms with Crippen LogP contribution in [0.2, 0.25) is 5.02 Å². The van der Waals surface area contributed by atoms with Crippen LogP contribution < -0.4 is 5.32 Å². The Morgan fingerprint density at radius 2 is 2.29 bits per heavy atom. The van der Waals surface area contributed by atoms with Crippen LogP contribution >= 0.6 is 27.5 Å². The molecule has 0 aliphatic carbocycles. The van der Waals surface area contributed by atoms with Gasteiger partial charge in [-0.25, -0.2) is 0 Å². The Kier molecular flexibility index (Phi) is 4.89. The molecule has 1 rings (SSSR count). The van der Waals surface area contributed by atoms with Gasteiger partial charge >= 0.3 is 0 Å². The summed E-state index contributed by atoms with van der Waals surface area (Å²) in [7, 11) is 0. The van der Waals surface area contributed by atoms with Crippen LogP contribution in [0.4, 0.5) is 0 Å². The van der Waals surface area contributed by atoms with E-state index in [-0.39, 0.29) is 0 Å². The summed E-state index contributed by atoms with van der Waals surface area (Å²) in [6.45, 7) is 3.36. The van der Waals surface area contributed by atoms with Crippen LogP contribution in [0.3, 0.4) is 0 Å². The molecule has 0 spiro atoms. The number of likely N-dealkylation sites (N-methyl/N-ethyl adjacent to an activating group) is 1. The monoisotopic (exact) mass is 277 g/mol. The van der Waals surface area contributed by atoms with Gasteiger partial charge in [0, 0.05) is 21.6 Å². The van der Waals surface area contributed by atoms with E-state index in [1.807, 2.05) is 19.1 Å². The highest BCUT2D eigenvalue weighted by atomic mass is 79.9. The van der Waals surface area contributed by atoms with E-state index in [4.69, 9.17) is 11.6 Å². The molecule has 4 heteroatoms. The molecule has 0 heterocycles. The summed E-state index contributed by atoms with van der Waals surface area (Å²) in [5, 5.41) is 13.4. The number of nitrogens with one attached hydrogen (secondary N) is 1. The summed E-state index contributed by atoms with van der Waals surface area (Å²) < 4.78 is 0.918. The molecule has 78 valence electrons. The van der Waals surface area contributed by atoms with Crippen LogP contribution in [-0.4, -0.2) is 18.2 Å². The van der Waals surface area contributed by atoms with E-state index >= 15 is 0 Å². The molecule has 0 saturated carbocycles. The van der Waals surface area contributed by atoms with Crippen molar-refractivity contribution < 1.29 is 5.11 Å².